The van der Waals surface area contributed by atoms with Gasteiger partial charge in [-0.1, -0.05) is 54.6 Å². The van der Waals surface area contributed by atoms with Gasteiger partial charge in [0.05, 0.1) is 11.5 Å². The average molecular weight is 668 g/mol. The minimum absolute atomic E-state index is 0.0907. The Labute approximate surface area is 289 Å². The first-order valence-corrected chi connectivity index (χ1v) is 17.6. The maximum Gasteiger partial charge on any atom is 0.410 e. The van der Waals surface area contributed by atoms with Crippen molar-refractivity contribution in [1.29, 1.82) is 0 Å². The molecule has 0 radical (unpaired) electrons. The maximum atomic E-state index is 14.9. The Kier molecular flexibility index (Phi) is 10.3. The summed E-state index contributed by atoms with van der Waals surface area (Å²) in [6.45, 7) is 9.50. The number of ether oxygens (including phenoxy) is 2. The Morgan fingerprint density at radius 1 is 0.918 bits per heavy atom. The molecule has 2 aliphatic heterocycles. The Morgan fingerprint density at radius 3 is 2.37 bits per heavy atom. The van der Waals surface area contributed by atoms with Crippen molar-refractivity contribution in [2.24, 2.45) is 5.92 Å². The predicted molar refractivity (Wildman–Crippen MR) is 190 cm³/mol. The molecule has 1 saturated carbocycles. The number of piperidine rings is 1. The number of carbonyl (C=O) groups is 3. The summed E-state index contributed by atoms with van der Waals surface area (Å²) in [5, 5.41) is 9.37. The summed E-state index contributed by atoms with van der Waals surface area (Å²) in [4.78, 5) is 46.0. The first-order chi connectivity index (χ1) is 23.5. The molecule has 1 N–H and O–H groups in total. The monoisotopic (exact) mass is 667 g/mol. The second-order valence-corrected chi connectivity index (χ2v) is 14.7. The molecular weight excluding hydrogens is 618 g/mol. The van der Waals surface area contributed by atoms with E-state index in [0.717, 1.165) is 49.0 Å². The van der Waals surface area contributed by atoms with Crippen LogP contribution in [-0.2, 0) is 14.3 Å². The number of methoxy groups -OCH3 is 1. The third-order valence-electron chi connectivity index (χ3n) is 9.98. The number of carboxylic acid groups (broad SMARTS) is 1. The van der Waals surface area contributed by atoms with Crippen LogP contribution in [0.25, 0.3) is 11.1 Å². The van der Waals surface area contributed by atoms with Crippen molar-refractivity contribution in [3.8, 4) is 11.1 Å². The molecule has 1 saturated heterocycles. The van der Waals surface area contributed by atoms with Crippen LogP contribution in [-0.4, -0.2) is 91.0 Å². The van der Waals surface area contributed by atoms with Crippen LogP contribution in [0.5, 0.6) is 0 Å². The van der Waals surface area contributed by atoms with Crippen LogP contribution in [0, 0.1) is 5.92 Å². The van der Waals surface area contributed by atoms with Gasteiger partial charge in [0.15, 0.2) is 0 Å². The quantitative estimate of drug-likeness (QED) is 0.219. The third kappa shape index (κ3) is 8.10. The molecule has 2 amide bonds. The summed E-state index contributed by atoms with van der Waals surface area (Å²) in [6, 6.07) is 23.9. The zero-order chi connectivity index (χ0) is 34.7. The smallest absolute Gasteiger partial charge is 0.410 e. The van der Waals surface area contributed by atoms with E-state index in [1.807, 2.05) is 45.0 Å². The molecule has 0 aromatic heterocycles. The van der Waals surface area contributed by atoms with Gasteiger partial charge in [-0.15, -0.1) is 0 Å². The van der Waals surface area contributed by atoms with Gasteiger partial charge in [-0.2, -0.15) is 0 Å². The first kappa shape index (κ1) is 34.5. The second-order valence-electron chi connectivity index (χ2n) is 14.7. The number of para-hydroxylation sites is 1. The highest BCUT2D eigenvalue weighted by atomic mass is 16.6. The van der Waals surface area contributed by atoms with E-state index in [1.54, 1.807) is 24.1 Å². The van der Waals surface area contributed by atoms with Crippen molar-refractivity contribution in [3.05, 3.63) is 89.5 Å². The molecule has 1 unspecified atom stereocenters. The predicted octanol–water partition coefficient (Wildman–Crippen LogP) is 7.02. The lowest BCUT2D eigenvalue weighted by atomic mass is 9.78. The number of amides is 2. The van der Waals surface area contributed by atoms with Gasteiger partial charge in [-0.25, -0.2) is 9.59 Å². The number of likely N-dealkylation sites (tertiary alicyclic amines) is 1. The van der Waals surface area contributed by atoms with E-state index in [-0.39, 0.29) is 35.4 Å². The molecule has 6 rings (SSSR count). The Balaban J connectivity index is 1.28. The Bertz CT molecular complexity index is 1650. The lowest BCUT2D eigenvalue weighted by Crippen LogP contribution is -2.51. The van der Waals surface area contributed by atoms with Crippen molar-refractivity contribution in [1.82, 2.24) is 9.80 Å². The van der Waals surface area contributed by atoms with Crippen LogP contribution in [0.1, 0.15) is 79.8 Å². The topological polar surface area (TPSA) is 99.6 Å². The van der Waals surface area contributed by atoms with Gasteiger partial charge < -0.3 is 29.3 Å². The molecule has 9 nitrogen and oxygen atoms in total. The van der Waals surface area contributed by atoms with Crippen LogP contribution in [0.4, 0.5) is 10.5 Å². The Morgan fingerprint density at radius 2 is 1.67 bits per heavy atom. The number of nitrogens with zero attached hydrogens (tertiary/aromatic N) is 3. The van der Waals surface area contributed by atoms with Crippen molar-refractivity contribution >= 4 is 23.7 Å². The molecule has 1 aliphatic carbocycles. The molecule has 0 bridgehead atoms. The van der Waals surface area contributed by atoms with E-state index < -0.39 is 17.5 Å². The summed E-state index contributed by atoms with van der Waals surface area (Å²) in [6.07, 6.45) is 3.18. The fraction of sp³-hybridized carbons (Fsp3) is 0.475. The van der Waals surface area contributed by atoms with Gasteiger partial charge >= 0.3 is 12.1 Å². The number of hydrogen-bond donors (Lipinski definition) is 1. The zero-order valence-corrected chi connectivity index (χ0v) is 29.1. The number of aromatic carboxylic acids is 1. The molecule has 9 heteroatoms. The summed E-state index contributed by atoms with van der Waals surface area (Å²) in [5.41, 5.74) is 5.06. The van der Waals surface area contributed by atoms with Crippen LogP contribution in [0.3, 0.4) is 0 Å². The minimum atomic E-state index is -0.960. The summed E-state index contributed by atoms with van der Waals surface area (Å²) < 4.78 is 11.1. The highest BCUT2D eigenvalue weighted by Gasteiger charge is 2.44. The van der Waals surface area contributed by atoms with E-state index >= 15 is 0 Å². The van der Waals surface area contributed by atoms with Crippen LogP contribution < -0.4 is 4.90 Å². The molecule has 260 valence electrons. The summed E-state index contributed by atoms with van der Waals surface area (Å²) >= 11 is 0. The maximum absolute atomic E-state index is 14.9. The molecule has 3 atom stereocenters. The van der Waals surface area contributed by atoms with Gasteiger partial charge in [0.2, 0.25) is 5.91 Å². The molecule has 0 spiro atoms. The highest BCUT2D eigenvalue weighted by molar-refractivity contribution is 5.88. The number of rotatable bonds is 11. The van der Waals surface area contributed by atoms with E-state index in [1.165, 1.54) is 11.3 Å². The molecule has 3 aromatic carbocycles. The molecular formula is C40H49N3O6. The average Bonchev–Trinajstić information content (AvgIpc) is 3.88. The molecule has 49 heavy (non-hydrogen) atoms. The van der Waals surface area contributed by atoms with Gasteiger partial charge in [0.25, 0.3) is 0 Å². The van der Waals surface area contributed by atoms with E-state index in [4.69, 9.17) is 9.47 Å². The van der Waals surface area contributed by atoms with E-state index in [0.29, 0.717) is 32.7 Å². The fourth-order valence-electron chi connectivity index (χ4n) is 7.45. The molecule has 3 aromatic rings. The lowest BCUT2D eigenvalue weighted by molar-refractivity contribution is -0.138. The van der Waals surface area contributed by atoms with Gasteiger partial charge in [-0.05, 0) is 92.8 Å². The number of carbonyl (C=O) groups excluding carboxylic acids is 2. The number of hydrogen-bond acceptors (Lipinski definition) is 6. The summed E-state index contributed by atoms with van der Waals surface area (Å²) in [7, 11) is 1.73. The number of benzene rings is 3. The van der Waals surface area contributed by atoms with Gasteiger partial charge in [0.1, 0.15) is 5.60 Å². The van der Waals surface area contributed by atoms with Crippen LogP contribution in [0.15, 0.2) is 72.8 Å². The zero-order valence-electron chi connectivity index (χ0n) is 29.1. The molecule has 2 heterocycles. The number of carboxylic acids is 1. The normalized spacial score (nSPS) is 20.5. The van der Waals surface area contributed by atoms with Gasteiger partial charge in [0, 0.05) is 64.1 Å². The van der Waals surface area contributed by atoms with E-state index in [9.17, 15) is 19.5 Å². The standard InChI is InChI=1S/C40H49N3O6/c1-40(2,3)49-39(47)42-21-19-33(30-10-7-9-29(23-30)27-13-15-28(16-14-27)38(45)46)35(26-42)37(44)43(32-17-18-32)25-31-24-41(20-8-22-48-4)36-12-6-5-11-34(31)36/h5-7,9-16,23,31-33,35H,8,17-22,24-26H2,1-4H3,(H,45,46)/t31?,33-,35+/m1/s1. The number of anilines is 1. The van der Waals surface area contributed by atoms with Crippen molar-refractivity contribution < 1.29 is 29.0 Å². The Hall–Kier alpha value is -4.37. The third-order valence-corrected chi connectivity index (χ3v) is 9.98. The van der Waals surface area contributed by atoms with Crippen LogP contribution >= 0.6 is 0 Å². The molecule has 3 aliphatic rings. The second kappa shape index (κ2) is 14.6. The minimum Gasteiger partial charge on any atom is -0.478 e. The van der Waals surface area contributed by atoms with Crippen molar-refractivity contribution in [2.75, 3.05) is 51.3 Å². The first-order valence-electron chi connectivity index (χ1n) is 17.6. The SMILES string of the molecule is COCCCN1CC(CN(C(=O)[C@H]2CN(C(=O)OC(C)(C)C)CC[C@@H]2c2cccc(-c3ccc(C(=O)O)cc3)c2)C2CC2)c2ccccc21. The largest absolute Gasteiger partial charge is 0.478 e. The highest BCUT2D eigenvalue weighted by Crippen LogP contribution is 2.42. The fourth-order valence-corrected chi connectivity index (χ4v) is 7.45. The molecule has 2 fully saturated rings. The van der Waals surface area contributed by atoms with Crippen molar-refractivity contribution in [2.45, 2.75) is 69.9 Å². The summed E-state index contributed by atoms with van der Waals surface area (Å²) in [5.74, 6) is -1.18. The van der Waals surface area contributed by atoms with E-state index in [2.05, 4.69) is 46.2 Å². The van der Waals surface area contributed by atoms with Crippen molar-refractivity contribution in [3.63, 3.8) is 0 Å². The number of fused-ring (bicyclic) bond motifs is 1. The van der Waals surface area contributed by atoms with Gasteiger partial charge in [-0.3, -0.25) is 4.79 Å². The van der Waals surface area contributed by atoms with Crippen LogP contribution in [0.2, 0.25) is 0 Å². The lowest BCUT2D eigenvalue weighted by Gasteiger charge is -2.41.